The number of carboxylic acids is 1. The lowest BCUT2D eigenvalue weighted by Crippen LogP contribution is -2.21. The highest BCUT2D eigenvalue weighted by Crippen LogP contribution is 2.19. The van der Waals surface area contributed by atoms with E-state index in [0.717, 1.165) is 0 Å². The lowest BCUT2D eigenvalue weighted by molar-refractivity contribution is -0.192. The summed E-state index contributed by atoms with van der Waals surface area (Å²) in [6.45, 7) is 3.67. The lowest BCUT2D eigenvalue weighted by atomic mass is 10.2. The number of nitrogens with two attached hydrogens (primary N) is 1. The number of hydrogen-bond acceptors (Lipinski definition) is 6. The van der Waals surface area contributed by atoms with Crippen molar-refractivity contribution in [3.8, 4) is 11.5 Å². The van der Waals surface area contributed by atoms with Crippen LogP contribution >= 0.6 is 0 Å². The average Bonchev–Trinajstić information content (AvgIpc) is 2.83. The van der Waals surface area contributed by atoms with E-state index in [2.05, 4.69) is 5.32 Å². The minimum absolute atomic E-state index is 0.0641. The van der Waals surface area contributed by atoms with Crippen molar-refractivity contribution in [3.05, 3.63) is 66.0 Å². The Bertz CT molecular complexity index is 965. The van der Waals surface area contributed by atoms with Crippen LogP contribution in [-0.2, 0) is 9.53 Å². The molecule has 0 unspecified atom stereocenters. The maximum atomic E-state index is 12.5. The van der Waals surface area contributed by atoms with Crippen molar-refractivity contribution in [3.63, 3.8) is 0 Å². The first kappa shape index (κ1) is 29.4. The predicted molar refractivity (Wildman–Crippen MR) is 120 cm³/mol. The van der Waals surface area contributed by atoms with E-state index >= 15 is 0 Å². The van der Waals surface area contributed by atoms with E-state index in [4.69, 9.17) is 29.8 Å². The number of benzene rings is 2. The van der Waals surface area contributed by atoms with Gasteiger partial charge < -0.3 is 30.4 Å². The molecule has 0 heterocycles. The first-order valence-electron chi connectivity index (χ1n) is 10.2. The van der Waals surface area contributed by atoms with Crippen LogP contribution in [0.3, 0.4) is 0 Å². The topological polar surface area (TPSA) is 120 Å². The second-order valence-corrected chi connectivity index (χ2v) is 6.61. The molecule has 35 heavy (non-hydrogen) atoms. The molecule has 192 valence electrons. The first-order valence-corrected chi connectivity index (χ1v) is 10.2. The van der Waals surface area contributed by atoms with Gasteiger partial charge in [-0.05, 0) is 43.3 Å². The number of rotatable bonds is 11. The van der Waals surface area contributed by atoms with Crippen LogP contribution in [0.5, 0.6) is 11.5 Å². The molecule has 1 amide bonds. The van der Waals surface area contributed by atoms with Crippen LogP contribution in [0.4, 0.5) is 23.2 Å². The number of nitrogens with one attached hydrogen (secondary N) is 1. The van der Waals surface area contributed by atoms with Gasteiger partial charge in [-0.15, -0.1) is 0 Å². The lowest BCUT2D eigenvalue weighted by Gasteiger charge is -2.10. The Morgan fingerprint density at radius 1 is 1.06 bits per heavy atom. The second kappa shape index (κ2) is 15.3. The Kier molecular flexibility index (Phi) is 12.8. The normalized spacial score (nSPS) is 11.2. The largest absolute Gasteiger partial charge is 0.491 e. The summed E-state index contributed by atoms with van der Waals surface area (Å²) >= 11 is 0. The van der Waals surface area contributed by atoms with E-state index in [9.17, 15) is 22.4 Å². The SMILES string of the molecule is CCOCCOc1cccc(NC(=O)c2ccc(OCC(=CF)CN)cc2)c1.O=C(O)C(F)(F)F. The van der Waals surface area contributed by atoms with Crippen molar-refractivity contribution in [2.75, 3.05) is 38.3 Å². The smallest absolute Gasteiger partial charge is 0.490 e. The number of carbonyl (C=O) groups excluding carboxylic acids is 1. The highest BCUT2D eigenvalue weighted by atomic mass is 19.4. The van der Waals surface area contributed by atoms with Gasteiger partial charge in [0.05, 0.1) is 12.9 Å². The van der Waals surface area contributed by atoms with Gasteiger partial charge in [0.15, 0.2) is 0 Å². The van der Waals surface area contributed by atoms with E-state index in [-0.39, 0.29) is 19.1 Å². The van der Waals surface area contributed by atoms with Crippen LogP contribution in [0.1, 0.15) is 17.3 Å². The van der Waals surface area contributed by atoms with Gasteiger partial charge in [-0.3, -0.25) is 4.79 Å². The number of hydrogen-bond donors (Lipinski definition) is 3. The van der Waals surface area contributed by atoms with E-state index in [0.29, 0.717) is 54.5 Å². The quantitative estimate of drug-likeness (QED) is 0.312. The minimum atomic E-state index is -5.08. The molecule has 0 fully saturated rings. The molecule has 2 aromatic carbocycles. The van der Waals surface area contributed by atoms with Gasteiger partial charge in [-0.2, -0.15) is 13.2 Å². The van der Waals surface area contributed by atoms with E-state index in [1.165, 1.54) is 0 Å². The van der Waals surface area contributed by atoms with E-state index < -0.39 is 12.1 Å². The highest BCUT2D eigenvalue weighted by molar-refractivity contribution is 6.04. The molecule has 2 rings (SSSR count). The molecular weight excluding hydrogens is 476 g/mol. The zero-order chi connectivity index (χ0) is 26.3. The maximum absolute atomic E-state index is 12.5. The number of halogens is 4. The van der Waals surface area contributed by atoms with Crippen LogP contribution in [0.25, 0.3) is 0 Å². The molecule has 0 aliphatic carbocycles. The van der Waals surface area contributed by atoms with E-state index in [1.54, 1.807) is 42.5 Å². The second-order valence-electron chi connectivity index (χ2n) is 6.61. The summed E-state index contributed by atoms with van der Waals surface area (Å²) in [5.74, 6) is -1.84. The minimum Gasteiger partial charge on any atom is -0.491 e. The van der Waals surface area contributed by atoms with Crippen molar-refractivity contribution in [1.29, 1.82) is 0 Å². The Balaban J connectivity index is 0.000000762. The molecule has 0 aromatic heterocycles. The summed E-state index contributed by atoms with van der Waals surface area (Å²) in [6.07, 6.45) is -4.64. The fraction of sp³-hybridized carbons (Fsp3) is 0.304. The summed E-state index contributed by atoms with van der Waals surface area (Å²) < 4.78 is 60.5. The standard InChI is InChI=1S/C21H25FN2O4.C2HF3O2/c1-2-26-10-11-27-20-5-3-4-18(12-20)24-21(25)17-6-8-19(9-7-17)28-15-16(13-22)14-23;3-2(4,5)1(6)7/h3-9,12-13H,2,10-11,14-15,23H2,1H3,(H,24,25);(H,6,7). The van der Waals surface area contributed by atoms with Gasteiger partial charge in [0, 0.05) is 36.0 Å². The number of carbonyl (C=O) groups is 2. The van der Waals surface area contributed by atoms with Gasteiger partial charge in [0.1, 0.15) is 24.7 Å². The van der Waals surface area contributed by atoms with E-state index in [1.807, 2.05) is 13.0 Å². The summed E-state index contributed by atoms with van der Waals surface area (Å²) in [5, 5.41) is 9.95. The zero-order valence-electron chi connectivity index (χ0n) is 18.8. The molecule has 4 N–H and O–H groups in total. The molecule has 0 bridgehead atoms. The van der Waals surface area contributed by atoms with Crippen molar-refractivity contribution in [1.82, 2.24) is 0 Å². The molecule has 0 atom stereocenters. The fourth-order valence-electron chi connectivity index (χ4n) is 2.24. The monoisotopic (exact) mass is 502 g/mol. The van der Waals surface area contributed by atoms with Gasteiger partial charge >= 0.3 is 12.1 Å². The zero-order valence-corrected chi connectivity index (χ0v) is 18.8. The van der Waals surface area contributed by atoms with Gasteiger partial charge in [-0.25, -0.2) is 9.18 Å². The van der Waals surface area contributed by atoms with Crippen molar-refractivity contribution >= 4 is 17.6 Å². The third kappa shape index (κ3) is 11.9. The molecule has 0 saturated heterocycles. The van der Waals surface area contributed by atoms with Crippen LogP contribution in [0.15, 0.2) is 60.4 Å². The van der Waals surface area contributed by atoms with Crippen LogP contribution < -0.4 is 20.5 Å². The van der Waals surface area contributed by atoms with Crippen molar-refractivity contribution in [2.24, 2.45) is 5.73 Å². The molecule has 0 aliphatic rings. The summed E-state index contributed by atoms with van der Waals surface area (Å²) in [7, 11) is 0. The van der Waals surface area contributed by atoms with Gasteiger partial charge in [0.25, 0.3) is 5.91 Å². The third-order valence-corrected chi connectivity index (χ3v) is 3.99. The number of anilines is 1. The van der Waals surface area contributed by atoms with Gasteiger partial charge in [-0.1, -0.05) is 6.07 Å². The van der Waals surface area contributed by atoms with Crippen molar-refractivity contribution < 1.29 is 46.5 Å². The predicted octanol–water partition coefficient (Wildman–Crippen LogP) is 4.18. The van der Waals surface area contributed by atoms with Gasteiger partial charge in [0.2, 0.25) is 0 Å². The molecule has 12 heteroatoms. The highest BCUT2D eigenvalue weighted by Gasteiger charge is 2.38. The molecule has 0 saturated carbocycles. The van der Waals surface area contributed by atoms with Crippen LogP contribution in [-0.4, -0.2) is 56.1 Å². The molecule has 2 aromatic rings. The summed E-state index contributed by atoms with van der Waals surface area (Å²) in [4.78, 5) is 21.3. The number of aliphatic carboxylic acids is 1. The molecule has 0 spiro atoms. The average molecular weight is 502 g/mol. The first-order chi connectivity index (χ1) is 16.6. The third-order valence-electron chi connectivity index (χ3n) is 3.99. The van der Waals surface area contributed by atoms with Crippen LogP contribution in [0.2, 0.25) is 0 Å². The molecule has 0 aliphatic heterocycles. The van der Waals surface area contributed by atoms with Crippen molar-refractivity contribution in [2.45, 2.75) is 13.1 Å². The molecular formula is C23H26F4N2O6. The fourth-order valence-corrected chi connectivity index (χ4v) is 2.24. The Hall–Kier alpha value is -3.64. The number of alkyl halides is 3. The summed E-state index contributed by atoms with van der Waals surface area (Å²) in [5.41, 5.74) is 6.82. The number of ether oxygens (including phenoxy) is 3. The summed E-state index contributed by atoms with van der Waals surface area (Å²) in [6, 6.07) is 13.7. The Morgan fingerprint density at radius 3 is 2.26 bits per heavy atom. The number of amides is 1. The Labute approximate surface area is 199 Å². The molecule has 8 nitrogen and oxygen atoms in total. The molecule has 0 radical (unpaired) electrons. The Morgan fingerprint density at radius 2 is 1.71 bits per heavy atom. The van der Waals surface area contributed by atoms with Crippen LogP contribution in [0, 0.1) is 0 Å². The number of carboxylic acid groups (broad SMARTS) is 1. The maximum Gasteiger partial charge on any atom is 0.490 e.